The van der Waals surface area contributed by atoms with Crippen molar-refractivity contribution in [3.63, 3.8) is 0 Å². The van der Waals surface area contributed by atoms with Gasteiger partial charge in [-0.05, 0) is 6.42 Å². The van der Waals surface area contributed by atoms with Gasteiger partial charge in [0.25, 0.3) is 0 Å². The molecule has 6 nitrogen and oxygen atoms in total. The van der Waals surface area contributed by atoms with Crippen LogP contribution in [0.2, 0.25) is 0 Å². The van der Waals surface area contributed by atoms with Crippen molar-refractivity contribution in [2.24, 2.45) is 0 Å². The zero-order valence-electron chi connectivity index (χ0n) is 14.8. The van der Waals surface area contributed by atoms with Crippen molar-refractivity contribution in [3.8, 4) is 0 Å². The molecule has 0 atom stereocenters. The molecule has 0 aliphatic carbocycles. The van der Waals surface area contributed by atoms with Crippen LogP contribution in [0.25, 0.3) is 0 Å². The topological polar surface area (TPSA) is 82.4 Å². The second-order valence-corrected chi connectivity index (χ2v) is 5.84. The fourth-order valence-corrected chi connectivity index (χ4v) is 2.37. The predicted octanol–water partition coefficient (Wildman–Crippen LogP) is 2.12. The maximum atomic E-state index is 9.57. The Hall–Kier alpha value is -0.175. The standard InChI is InChI=1S/C16H36BNO5/c1-2-3-4-5-6-7-8-9-10-11-16-22-17(21)23-18(12-14-19)13-15-20/h19-21H,2-16H2,1H3. The van der Waals surface area contributed by atoms with Gasteiger partial charge in [-0.25, -0.2) is 0 Å². The van der Waals surface area contributed by atoms with Crippen LogP contribution in [0.4, 0.5) is 0 Å². The fraction of sp³-hybridized carbons (Fsp3) is 1.00. The normalized spacial score (nSPS) is 11.3. The minimum atomic E-state index is -1.34. The van der Waals surface area contributed by atoms with Crippen LogP contribution in [0.1, 0.15) is 71.1 Å². The SMILES string of the molecule is CCCCCCCCCCCCOB(O)ON(CCO)CCO. The van der Waals surface area contributed by atoms with E-state index < -0.39 is 7.32 Å². The molecule has 0 rings (SSSR count). The lowest BCUT2D eigenvalue weighted by atomic mass is 10.1. The van der Waals surface area contributed by atoms with Crippen molar-refractivity contribution >= 4 is 7.32 Å². The Kier molecular flexibility index (Phi) is 18.0. The summed E-state index contributed by atoms with van der Waals surface area (Å²) in [5.74, 6) is 0. The van der Waals surface area contributed by atoms with Crippen LogP contribution >= 0.6 is 0 Å². The summed E-state index contributed by atoms with van der Waals surface area (Å²) in [6.45, 7) is 2.92. The molecule has 0 fully saturated rings. The van der Waals surface area contributed by atoms with E-state index in [4.69, 9.17) is 19.6 Å². The van der Waals surface area contributed by atoms with Gasteiger partial charge in [-0.1, -0.05) is 64.7 Å². The monoisotopic (exact) mass is 333 g/mol. The average molecular weight is 333 g/mol. The molecule has 0 aromatic rings. The number of rotatable bonds is 18. The molecular formula is C16H36BNO5. The average Bonchev–Trinajstić information content (AvgIpc) is 2.53. The Labute approximate surface area is 141 Å². The van der Waals surface area contributed by atoms with E-state index in [9.17, 15) is 5.02 Å². The Balaban J connectivity index is 3.36. The van der Waals surface area contributed by atoms with Gasteiger partial charge in [-0.3, -0.25) is 4.76 Å². The molecule has 0 spiro atoms. The van der Waals surface area contributed by atoms with E-state index in [1.165, 1.54) is 56.4 Å². The number of aliphatic hydroxyl groups is 2. The van der Waals surface area contributed by atoms with E-state index in [1.807, 2.05) is 0 Å². The highest BCUT2D eigenvalue weighted by Gasteiger charge is 2.20. The molecule has 0 heterocycles. The van der Waals surface area contributed by atoms with Gasteiger partial charge in [0.15, 0.2) is 0 Å². The molecule has 0 aliphatic heterocycles. The Bertz CT molecular complexity index is 231. The first-order chi connectivity index (χ1) is 11.2. The van der Waals surface area contributed by atoms with Crippen molar-refractivity contribution in [1.29, 1.82) is 0 Å². The van der Waals surface area contributed by atoms with Crippen molar-refractivity contribution in [3.05, 3.63) is 0 Å². The van der Waals surface area contributed by atoms with E-state index >= 15 is 0 Å². The van der Waals surface area contributed by atoms with Crippen molar-refractivity contribution in [2.75, 3.05) is 32.9 Å². The van der Waals surface area contributed by atoms with Crippen LogP contribution in [-0.2, 0) is 9.41 Å². The lowest BCUT2D eigenvalue weighted by molar-refractivity contribution is -0.114. The molecule has 23 heavy (non-hydrogen) atoms. The van der Waals surface area contributed by atoms with E-state index in [0.717, 1.165) is 12.8 Å². The fourth-order valence-electron chi connectivity index (χ4n) is 2.37. The number of hydrogen-bond acceptors (Lipinski definition) is 6. The van der Waals surface area contributed by atoms with E-state index in [-0.39, 0.29) is 26.3 Å². The summed E-state index contributed by atoms with van der Waals surface area (Å²) in [6, 6.07) is 0. The molecule has 7 heteroatoms. The zero-order valence-corrected chi connectivity index (χ0v) is 14.8. The quantitative estimate of drug-likeness (QED) is 0.202. The first kappa shape index (κ1) is 22.8. The maximum absolute atomic E-state index is 9.57. The number of nitrogens with zero attached hydrogens (tertiary/aromatic N) is 1. The molecule has 3 N–H and O–H groups in total. The summed E-state index contributed by atoms with van der Waals surface area (Å²) in [5.41, 5.74) is 0. The third-order valence-corrected chi connectivity index (χ3v) is 3.70. The molecule has 0 amide bonds. The molecule has 0 aliphatic rings. The molecule has 138 valence electrons. The van der Waals surface area contributed by atoms with Crippen LogP contribution in [0.15, 0.2) is 0 Å². The van der Waals surface area contributed by atoms with Gasteiger partial charge in [0.2, 0.25) is 0 Å². The van der Waals surface area contributed by atoms with E-state index in [0.29, 0.717) is 6.61 Å². The summed E-state index contributed by atoms with van der Waals surface area (Å²) in [7, 11) is -1.34. The van der Waals surface area contributed by atoms with E-state index in [1.54, 1.807) is 0 Å². The maximum Gasteiger partial charge on any atom is 0.654 e. The predicted molar refractivity (Wildman–Crippen MR) is 92.6 cm³/mol. The molecule has 0 radical (unpaired) electrons. The number of aliphatic hydroxyl groups excluding tert-OH is 2. The number of hydroxylamine groups is 2. The van der Waals surface area contributed by atoms with Crippen LogP contribution in [0, 0.1) is 0 Å². The first-order valence-corrected chi connectivity index (χ1v) is 9.17. The second kappa shape index (κ2) is 18.2. The second-order valence-electron chi connectivity index (χ2n) is 5.84. The van der Waals surface area contributed by atoms with Crippen LogP contribution in [0.3, 0.4) is 0 Å². The number of unbranched alkanes of at least 4 members (excludes halogenated alkanes) is 9. The summed E-state index contributed by atoms with van der Waals surface area (Å²) in [4.78, 5) is 0. The summed E-state index contributed by atoms with van der Waals surface area (Å²) in [5, 5.41) is 28.5. The van der Waals surface area contributed by atoms with Gasteiger partial charge in [-0.2, -0.15) is 5.06 Å². The molecule has 0 aromatic heterocycles. The Morgan fingerprint density at radius 3 is 1.74 bits per heavy atom. The lowest BCUT2D eigenvalue weighted by Crippen LogP contribution is -2.38. The summed E-state index contributed by atoms with van der Waals surface area (Å²) in [6.07, 6.45) is 12.5. The third kappa shape index (κ3) is 16.5. The Morgan fingerprint density at radius 2 is 1.26 bits per heavy atom. The molecule has 0 saturated carbocycles. The van der Waals surface area contributed by atoms with Gasteiger partial charge in [0.1, 0.15) is 0 Å². The molecular weight excluding hydrogens is 297 g/mol. The minimum absolute atomic E-state index is 0.106. The number of hydrogen-bond donors (Lipinski definition) is 3. The van der Waals surface area contributed by atoms with Crippen molar-refractivity contribution < 1.29 is 24.6 Å². The molecule has 0 aromatic carbocycles. The highest BCUT2D eigenvalue weighted by molar-refractivity contribution is 6.34. The van der Waals surface area contributed by atoms with Crippen LogP contribution < -0.4 is 0 Å². The first-order valence-electron chi connectivity index (χ1n) is 9.17. The van der Waals surface area contributed by atoms with Gasteiger partial charge >= 0.3 is 7.32 Å². The largest absolute Gasteiger partial charge is 0.654 e. The van der Waals surface area contributed by atoms with E-state index in [2.05, 4.69) is 6.92 Å². The summed E-state index contributed by atoms with van der Waals surface area (Å²) < 4.78 is 10.2. The molecule has 0 saturated heterocycles. The Morgan fingerprint density at radius 1 is 0.783 bits per heavy atom. The van der Waals surface area contributed by atoms with Gasteiger partial charge in [0.05, 0.1) is 13.2 Å². The third-order valence-electron chi connectivity index (χ3n) is 3.70. The smallest absolute Gasteiger partial charge is 0.401 e. The van der Waals surface area contributed by atoms with Gasteiger partial charge in [0, 0.05) is 19.7 Å². The van der Waals surface area contributed by atoms with Gasteiger partial charge in [-0.15, -0.1) is 0 Å². The highest BCUT2D eigenvalue weighted by atomic mass is 16.8. The van der Waals surface area contributed by atoms with Crippen molar-refractivity contribution in [1.82, 2.24) is 5.06 Å². The molecule has 0 unspecified atom stereocenters. The lowest BCUT2D eigenvalue weighted by Gasteiger charge is -2.21. The highest BCUT2D eigenvalue weighted by Crippen LogP contribution is 2.10. The summed E-state index contributed by atoms with van der Waals surface area (Å²) >= 11 is 0. The van der Waals surface area contributed by atoms with Crippen molar-refractivity contribution in [2.45, 2.75) is 71.1 Å². The van der Waals surface area contributed by atoms with Crippen LogP contribution in [-0.4, -0.2) is 60.5 Å². The minimum Gasteiger partial charge on any atom is -0.401 e. The van der Waals surface area contributed by atoms with Crippen LogP contribution in [0.5, 0.6) is 0 Å². The zero-order chi connectivity index (χ0) is 17.2. The molecule has 0 bridgehead atoms. The van der Waals surface area contributed by atoms with Gasteiger partial charge < -0.3 is 19.9 Å².